The molecule has 0 bridgehead atoms. The van der Waals surface area contributed by atoms with Gasteiger partial charge in [0.25, 0.3) is 0 Å². The van der Waals surface area contributed by atoms with Gasteiger partial charge in [-0.3, -0.25) is 4.79 Å². The maximum Gasteiger partial charge on any atom is 0.201 e. The molecule has 0 aromatic carbocycles. The average molecular weight is 499 g/mol. The number of hydrogen-bond donors (Lipinski definition) is 0. The van der Waals surface area contributed by atoms with Crippen LogP contribution in [0.2, 0.25) is 33.2 Å². The summed E-state index contributed by atoms with van der Waals surface area (Å²) in [6, 6.07) is 0. The third-order valence-electron chi connectivity index (χ3n) is 9.09. The molecule has 0 N–H and O–H groups in total. The maximum atomic E-state index is 13.0. The van der Waals surface area contributed by atoms with Crippen LogP contribution in [-0.2, 0) is 18.4 Å². The van der Waals surface area contributed by atoms with Crippen molar-refractivity contribution in [2.24, 2.45) is 0 Å². The zero-order valence-electron chi connectivity index (χ0n) is 23.8. The molecular formula is C27H54O4Si2. The van der Waals surface area contributed by atoms with Crippen LogP contribution in [0, 0.1) is 0 Å². The third kappa shape index (κ3) is 5.25. The molecule has 1 spiro atoms. The summed E-state index contributed by atoms with van der Waals surface area (Å²) in [6.07, 6.45) is 2.91. The lowest BCUT2D eigenvalue weighted by Gasteiger charge is -2.52. The van der Waals surface area contributed by atoms with Crippen molar-refractivity contribution in [3.63, 3.8) is 0 Å². The van der Waals surface area contributed by atoms with Crippen molar-refractivity contribution in [2.45, 2.75) is 160 Å². The van der Waals surface area contributed by atoms with Crippen LogP contribution in [-0.4, -0.2) is 46.8 Å². The molecule has 2 fully saturated rings. The largest absolute Gasteiger partial charge is 0.410 e. The van der Waals surface area contributed by atoms with Crippen molar-refractivity contribution in [1.82, 2.24) is 0 Å². The number of carbonyl (C=O) groups excluding carboxylic acids is 1. The van der Waals surface area contributed by atoms with Gasteiger partial charge in [0, 0.05) is 12.8 Å². The minimum absolute atomic E-state index is 0.0669. The standard InChI is InChI=1S/C27H54O4Si2/c1-18(2)32(19(3)4,20(5)6)30-24-16-27(15-13-14-26(27)28)29-17-25(24)31-33(21(7)8,22(9)10)23(11)12/h18-25H,13-17H2,1-12H3/t24-,25+,27+/m0/s1. The molecule has 194 valence electrons. The van der Waals surface area contributed by atoms with Crippen molar-refractivity contribution >= 4 is 22.4 Å². The van der Waals surface area contributed by atoms with E-state index in [-0.39, 0.29) is 18.0 Å². The number of Topliss-reactive ketones (excluding diaryl/α,β-unsaturated/α-hetero) is 1. The first kappa shape index (κ1) is 29.2. The molecule has 33 heavy (non-hydrogen) atoms. The molecule has 1 aliphatic carbocycles. The second-order valence-electron chi connectivity index (χ2n) is 12.7. The Balaban J connectivity index is 2.51. The van der Waals surface area contributed by atoms with Crippen molar-refractivity contribution < 1.29 is 18.4 Å². The molecule has 2 aliphatic rings. The lowest BCUT2D eigenvalue weighted by molar-refractivity contribution is -0.174. The lowest BCUT2D eigenvalue weighted by atomic mass is 9.88. The zero-order valence-corrected chi connectivity index (χ0v) is 25.8. The number of ketones is 1. The summed E-state index contributed by atoms with van der Waals surface area (Å²) < 4.78 is 21.1. The summed E-state index contributed by atoms with van der Waals surface area (Å²) >= 11 is 0. The molecule has 0 aromatic heterocycles. The van der Waals surface area contributed by atoms with Gasteiger partial charge in [0.2, 0.25) is 16.6 Å². The molecule has 0 unspecified atom stereocenters. The highest BCUT2D eigenvalue weighted by Crippen LogP contribution is 2.49. The van der Waals surface area contributed by atoms with Gasteiger partial charge in [0.05, 0.1) is 18.8 Å². The molecule has 1 saturated carbocycles. The van der Waals surface area contributed by atoms with E-state index in [1.807, 2.05) is 0 Å². The lowest BCUT2D eigenvalue weighted by Crippen LogP contribution is -2.62. The quantitative estimate of drug-likeness (QED) is 0.286. The van der Waals surface area contributed by atoms with Crippen molar-refractivity contribution in [3.8, 4) is 0 Å². The first-order valence-electron chi connectivity index (χ1n) is 13.7. The minimum Gasteiger partial charge on any atom is -0.410 e. The highest BCUT2D eigenvalue weighted by atomic mass is 28.4. The van der Waals surface area contributed by atoms with Crippen LogP contribution in [0.4, 0.5) is 0 Å². The Kier molecular flexibility index (Phi) is 9.68. The predicted molar refractivity (Wildman–Crippen MR) is 144 cm³/mol. The number of ether oxygens (including phenoxy) is 1. The average Bonchev–Trinajstić information content (AvgIpc) is 3.03. The minimum atomic E-state index is -2.13. The SMILES string of the molecule is CC(C)[Si](O[C@H]1C[C@@]2(CCCC2=O)OC[C@H]1O[Si](C(C)C)(C(C)C)C(C)C)(C(C)C)C(C)C. The Hall–Kier alpha value is -0.0162. The molecule has 3 atom stereocenters. The highest BCUT2D eigenvalue weighted by molar-refractivity contribution is 6.78. The van der Waals surface area contributed by atoms with E-state index in [1.165, 1.54) is 0 Å². The van der Waals surface area contributed by atoms with Crippen LogP contribution in [0.1, 0.15) is 109 Å². The summed E-state index contributed by atoms with van der Waals surface area (Å²) in [4.78, 5) is 13.0. The molecule has 0 aromatic rings. The van der Waals surface area contributed by atoms with Crippen molar-refractivity contribution in [2.75, 3.05) is 6.61 Å². The van der Waals surface area contributed by atoms with E-state index in [9.17, 15) is 4.79 Å². The van der Waals surface area contributed by atoms with E-state index in [0.29, 0.717) is 52.7 Å². The predicted octanol–water partition coefficient (Wildman–Crippen LogP) is 8.02. The van der Waals surface area contributed by atoms with Gasteiger partial charge in [0.15, 0.2) is 5.78 Å². The number of hydrogen-bond acceptors (Lipinski definition) is 4. The fourth-order valence-electron chi connectivity index (χ4n) is 7.70. The third-order valence-corrected chi connectivity index (χ3v) is 21.3. The molecule has 1 saturated heterocycles. The summed E-state index contributed by atoms with van der Waals surface area (Å²) in [5.74, 6) is 0.278. The van der Waals surface area contributed by atoms with E-state index in [4.69, 9.17) is 13.6 Å². The van der Waals surface area contributed by atoms with Crippen molar-refractivity contribution in [1.29, 1.82) is 0 Å². The van der Waals surface area contributed by atoms with Crippen LogP contribution >= 0.6 is 0 Å². The maximum absolute atomic E-state index is 13.0. The molecule has 1 heterocycles. The van der Waals surface area contributed by atoms with E-state index in [1.54, 1.807) is 0 Å². The van der Waals surface area contributed by atoms with Crippen LogP contribution in [0.15, 0.2) is 0 Å². The van der Waals surface area contributed by atoms with Gasteiger partial charge < -0.3 is 13.6 Å². The smallest absolute Gasteiger partial charge is 0.201 e. The second kappa shape index (κ2) is 10.9. The molecule has 2 rings (SSSR count). The van der Waals surface area contributed by atoms with Gasteiger partial charge in [-0.1, -0.05) is 83.1 Å². The normalized spacial score (nSPS) is 27.5. The van der Waals surface area contributed by atoms with Gasteiger partial charge in [0.1, 0.15) is 5.60 Å². The Bertz CT molecular complexity index is 615. The number of carbonyl (C=O) groups is 1. The van der Waals surface area contributed by atoms with Crippen LogP contribution < -0.4 is 0 Å². The van der Waals surface area contributed by atoms with Crippen LogP contribution in [0.5, 0.6) is 0 Å². The molecule has 4 nitrogen and oxygen atoms in total. The Morgan fingerprint density at radius 1 is 0.727 bits per heavy atom. The fraction of sp³-hybridized carbons (Fsp3) is 0.963. The van der Waals surface area contributed by atoms with Gasteiger partial charge in [-0.2, -0.15) is 0 Å². The Morgan fingerprint density at radius 2 is 1.12 bits per heavy atom. The fourth-order valence-corrected chi connectivity index (χ4v) is 18.8. The van der Waals surface area contributed by atoms with Gasteiger partial charge in [-0.05, 0) is 46.1 Å². The summed E-state index contributed by atoms with van der Waals surface area (Å²) in [5.41, 5.74) is 2.36. The van der Waals surface area contributed by atoms with E-state index < -0.39 is 22.2 Å². The van der Waals surface area contributed by atoms with E-state index in [0.717, 1.165) is 12.8 Å². The van der Waals surface area contributed by atoms with Crippen molar-refractivity contribution in [3.05, 3.63) is 0 Å². The summed E-state index contributed by atoms with van der Waals surface area (Å²) in [5, 5.41) is 0. The first-order valence-corrected chi connectivity index (χ1v) is 18.0. The summed E-state index contributed by atoms with van der Waals surface area (Å²) in [6.45, 7) is 28.5. The van der Waals surface area contributed by atoms with E-state index in [2.05, 4.69) is 83.1 Å². The van der Waals surface area contributed by atoms with E-state index >= 15 is 0 Å². The molecular weight excluding hydrogens is 444 g/mol. The first-order chi connectivity index (χ1) is 15.2. The number of rotatable bonds is 10. The topological polar surface area (TPSA) is 44.8 Å². The highest BCUT2D eigenvalue weighted by Gasteiger charge is 2.56. The van der Waals surface area contributed by atoms with Gasteiger partial charge >= 0.3 is 0 Å². The van der Waals surface area contributed by atoms with Gasteiger partial charge in [-0.15, -0.1) is 0 Å². The molecule has 0 radical (unpaired) electrons. The van der Waals surface area contributed by atoms with Crippen LogP contribution in [0.25, 0.3) is 0 Å². The van der Waals surface area contributed by atoms with Crippen LogP contribution in [0.3, 0.4) is 0 Å². The molecule has 0 amide bonds. The Morgan fingerprint density at radius 3 is 1.45 bits per heavy atom. The molecule has 6 heteroatoms. The second-order valence-corrected chi connectivity index (χ2v) is 23.5. The monoisotopic (exact) mass is 498 g/mol. The van der Waals surface area contributed by atoms with Gasteiger partial charge in [-0.25, -0.2) is 0 Å². The zero-order chi connectivity index (χ0) is 25.4. The molecule has 1 aliphatic heterocycles. The Labute approximate surface area is 207 Å². The summed E-state index contributed by atoms with van der Waals surface area (Å²) in [7, 11) is -4.25.